The molecule has 7 nitrogen and oxygen atoms in total. The lowest BCUT2D eigenvalue weighted by atomic mass is 10.1. The highest BCUT2D eigenvalue weighted by molar-refractivity contribution is 6.33. The summed E-state index contributed by atoms with van der Waals surface area (Å²) in [6.45, 7) is 2.52. The van der Waals surface area contributed by atoms with Crippen LogP contribution in [0.5, 0.6) is 5.75 Å². The third kappa shape index (κ3) is 7.38. The number of hydrogen-bond donors (Lipinski definition) is 2. The Morgan fingerprint density at radius 3 is 2.43 bits per heavy atom. The lowest BCUT2D eigenvalue weighted by Crippen LogP contribution is -2.38. The molecular formula is C21H21ClF6N4O3. The molecule has 0 saturated heterocycles. The smallest absolute Gasteiger partial charge is 0.425 e. The van der Waals surface area contributed by atoms with Gasteiger partial charge in [-0.2, -0.15) is 13.2 Å². The topological polar surface area (TPSA) is 83.6 Å². The molecule has 1 aromatic heterocycles. The molecular weight excluding hydrogens is 506 g/mol. The van der Waals surface area contributed by atoms with Gasteiger partial charge in [-0.05, 0) is 38.5 Å². The number of anilines is 2. The van der Waals surface area contributed by atoms with Crippen LogP contribution in [0.3, 0.4) is 0 Å². The Morgan fingerprint density at radius 2 is 1.89 bits per heavy atom. The van der Waals surface area contributed by atoms with E-state index in [4.69, 9.17) is 16.3 Å². The largest absolute Gasteiger partial charge is 0.480 e. The maximum atomic E-state index is 14.8. The van der Waals surface area contributed by atoms with Crippen molar-refractivity contribution in [2.45, 2.75) is 39.5 Å². The zero-order valence-corrected chi connectivity index (χ0v) is 19.4. The minimum Gasteiger partial charge on any atom is -0.480 e. The lowest BCUT2D eigenvalue weighted by molar-refractivity contribution is -0.189. The first-order valence-corrected chi connectivity index (χ1v) is 10.5. The summed E-state index contributed by atoms with van der Waals surface area (Å²) >= 11 is 5.95. The summed E-state index contributed by atoms with van der Waals surface area (Å²) in [7, 11) is 0. The Labute approximate surface area is 201 Å². The summed E-state index contributed by atoms with van der Waals surface area (Å²) in [5.41, 5.74) is -0.819. The van der Waals surface area contributed by atoms with Crippen LogP contribution < -0.4 is 15.4 Å². The van der Waals surface area contributed by atoms with Crippen LogP contribution in [0.15, 0.2) is 24.4 Å². The maximum Gasteiger partial charge on any atom is 0.425 e. The molecule has 0 aliphatic rings. The van der Waals surface area contributed by atoms with Gasteiger partial charge in [0, 0.05) is 18.8 Å². The van der Waals surface area contributed by atoms with Crippen molar-refractivity contribution in [1.29, 1.82) is 0 Å². The number of pyridine rings is 1. The first-order chi connectivity index (χ1) is 16.2. The second kappa shape index (κ2) is 11.5. The molecule has 0 radical (unpaired) electrons. The van der Waals surface area contributed by atoms with Crippen LogP contribution in [0.25, 0.3) is 0 Å². The summed E-state index contributed by atoms with van der Waals surface area (Å²) in [6, 6.07) is 1.59. The van der Waals surface area contributed by atoms with E-state index in [2.05, 4.69) is 10.3 Å². The molecule has 2 rings (SSSR count). The van der Waals surface area contributed by atoms with Crippen molar-refractivity contribution in [3.05, 3.63) is 46.5 Å². The number of nitrogens with one attached hydrogen (secondary N) is 2. The lowest BCUT2D eigenvalue weighted by Gasteiger charge is -2.23. The van der Waals surface area contributed by atoms with E-state index < -0.39 is 60.0 Å². The zero-order chi connectivity index (χ0) is 26.5. The molecule has 1 atom stereocenters. The van der Waals surface area contributed by atoms with Gasteiger partial charge in [-0.25, -0.2) is 22.9 Å². The molecule has 1 aromatic carbocycles. The number of urea groups is 1. The average molecular weight is 527 g/mol. The molecule has 14 heteroatoms. The quantitative estimate of drug-likeness (QED) is 0.332. The molecule has 3 amide bonds. The van der Waals surface area contributed by atoms with Crippen molar-refractivity contribution in [2.75, 3.05) is 23.7 Å². The number of alkyl halides is 5. The second-order valence-corrected chi connectivity index (χ2v) is 7.60. The van der Waals surface area contributed by atoms with E-state index in [1.54, 1.807) is 6.92 Å². The van der Waals surface area contributed by atoms with Gasteiger partial charge in [-0.3, -0.25) is 4.79 Å². The Bertz CT molecular complexity index is 1060. The highest BCUT2D eigenvalue weighted by Crippen LogP contribution is 2.33. The van der Waals surface area contributed by atoms with E-state index in [0.717, 1.165) is 0 Å². The molecule has 1 unspecified atom stereocenters. The molecule has 0 saturated carbocycles. The Balaban J connectivity index is 2.46. The van der Waals surface area contributed by atoms with Gasteiger partial charge in [0.1, 0.15) is 11.6 Å². The van der Waals surface area contributed by atoms with Crippen molar-refractivity contribution in [2.24, 2.45) is 0 Å². The Hall–Kier alpha value is -3.22. The fourth-order valence-corrected chi connectivity index (χ4v) is 3.01. The number of aromatic nitrogens is 1. The molecule has 0 aliphatic heterocycles. The highest BCUT2D eigenvalue weighted by atomic mass is 35.5. The van der Waals surface area contributed by atoms with Gasteiger partial charge < -0.3 is 20.3 Å². The molecule has 0 aliphatic carbocycles. The SMILES string of the molecule is CCN(CC(F)F)C(=O)Nc1cc(OC(C)C(F)(F)F)c(C(=O)Nc2c(C)ccnc2Cl)cc1F. The van der Waals surface area contributed by atoms with Crippen molar-refractivity contribution in [3.63, 3.8) is 0 Å². The maximum absolute atomic E-state index is 14.8. The van der Waals surface area contributed by atoms with Crippen LogP contribution >= 0.6 is 11.6 Å². The third-order valence-corrected chi connectivity index (χ3v) is 4.99. The van der Waals surface area contributed by atoms with Gasteiger partial charge in [0.15, 0.2) is 11.3 Å². The number of nitrogens with zero attached hydrogens (tertiary/aromatic N) is 2. The summed E-state index contributed by atoms with van der Waals surface area (Å²) in [6.07, 6.45) is -8.77. The van der Waals surface area contributed by atoms with Crippen LogP contribution in [-0.4, -0.2) is 53.6 Å². The van der Waals surface area contributed by atoms with Gasteiger partial charge >= 0.3 is 12.2 Å². The molecule has 2 N–H and O–H groups in total. The van der Waals surface area contributed by atoms with E-state index in [0.29, 0.717) is 29.5 Å². The number of hydrogen-bond acceptors (Lipinski definition) is 4. The monoisotopic (exact) mass is 526 g/mol. The summed E-state index contributed by atoms with van der Waals surface area (Å²) in [4.78, 5) is 29.5. The van der Waals surface area contributed by atoms with Crippen LogP contribution in [0.1, 0.15) is 29.8 Å². The minimum absolute atomic E-state index is 0.0392. The Morgan fingerprint density at radius 1 is 1.23 bits per heavy atom. The summed E-state index contributed by atoms with van der Waals surface area (Å²) in [5.74, 6) is -3.02. The number of benzene rings is 1. The van der Waals surface area contributed by atoms with Gasteiger partial charge in [-0.1, -0.05) is 11.6 Å². The van der Waals surface area contributed by atoms with E-state index >= 15 is 0 Å². The molecule has 192 valence electrons. The second-order valence-electron chi connectivity index (χ2n) is 7.24. The molecule has 35 heavy (non-hydrogen) atoms. The molecule has 1 heterocycles. The van der Waals surface area contributed by atoms with E-state index in [9.17, 15) is 35.9 Å². The summed E-state index contributed by atoms with van der Waals surface area (Å²) in [5, 5.41) is 4.23. The number of carbonyl (C=O) groups is 2. The molecule has 2 aromatic rings. The molecule has 0 spiro atoms. The summed E-state index contributed by atoms with van der Waals surface area (Å²) < 4.78 is 84.3. The van der Waals surface area contributed by atoms with E-state index in [1.807, 2.05) is 5.32 Å². The van der Waals surface area contributed by atoms with Crippen LogP contribution in [0.4, 0.5) is 42.5 Å². The van der Waals surface area contributed by atoms with Gasteiger partial charge in [0.25, 0.3) is 12.3 Å². The normalized spacial score (nSPS) is 12.3. The number of ether oxygens (including phenoxy) is 1. The third-order valence-electron chi connectivity index (χ3n) is 4.70. The van der Waals surface area contributed by atoms with Crippen LogP contribution in [0, 0.1) is 12.7 Å². The number of aryl methyl sites for hydroxylation is 1. The number of halogens is 7. The standard InChI is InChI=1S/C21H21ClF6N4O3/c1-4-32(9-16(24)25)20(34)30-14-8-15(35-11(3)21(26,27)28)12(7-13(14)23)19(33)31-17-10(2)5-6-29-18(17)22/h5-8,11,16H,4,9H2,1-3H3,(H,30,34)(H,31,33). The molecule has 0 bridgehead atoms. The Kier molecular flexibility index (Phi) is 9.18. The van der Waals surface area contributed by atoms with Crippen molar-refractivity contribution in [3.8, 4) is 5.75 Å². The average Bonchev–Trinajstić information content (AvgIpc) is 2.75. The number of carbonyl (C=O) groups excluding carboxylic acids is 2. The molecule has 0 fully saturated rings. The highest BCUT2D eigenvalue weighted by Gasteiger charge is 2.39. The van der Waals surface area contributed by atoms with Crippen LogP contribution in [0.2, 0.25) is 5.15 Å². The predicted molar refractivity (Wildman–Crippen MR) is 117 cm³/mol. The van der Waals surface area contributed by atoms with E-state index in [-0.39, 0.29) is 17.4 Å². The van der Waals surface area contributed by atoms with E-state index in [1.165, 1.54) is 19.2 Å². The zero-order valence-electron chi connectivity index (χ0n) is 18.6. The van der Waals surface area contributed by atoms with Crippen molar-refractivity contribution in [1.82, 2.24) is 9.88 Å². The van der Waals surface area contributed by atoms with Gasteiger partial charge in [-0.15, -0.1) is 0 Å². The number of amides is 3. The fourth-order valence-electron chi connectivity index (χ4n) is 2.75. The van der Waals surface area contributed by atoms with Gasteiger partial charge in [0.05, 0.1) is 23.5 Å². The fraction of sp³-hybridized carbons (Fsp3) is 0.381. The number of rotatable bonds is 8. The first kappa shape index (κ1) is 28.0. The predicted octanol–water partition coefficient (Wildman–Crippen LogP) is 5.88. The van der Waals surface area contributed by atoms with Gasteiger partial charge in [0.2, 0.25) is 0 Å². The van der Waals surface area contributed by atoms with Crippen molar-refractivity contribution < 1.29 is 40.7 Å². The first-order valence-electron chi connectivity index (χ1n) is 10.1. The van der Waals surface area contributed by atoms with Crippen LogP contribution in [-0.2, 0) is 0 Å². The minimum atomic E-state index is -4.84. The van der Waals surface area contributed by atoms with Crippen molar-refractivity contribution >= 4 is 34.9 Å².